The predicted molar refractivity (Wildman–Crippen MR) is 109 cm³/mol. The quantitative estimate of drug-likeness (QED) is 0.596. The zero-order valence-electron chi connectivity index (χ0n) is 14.9. The summed E-state index contributed by atoms with van der Waals surface area (Å²) < 4.78 is 5.82. The number of amides is 1. The van der Waals surface area contributed by atoms with Crippen LogP contribution >= 0.6 is 22.7 Å². The monoisotopic (exact) mass is 399 g/mol. The van der Waals surface area contributed by atoms with Gasteiger partial charge in [0.05, 0.1) is 4.88 Å². The number of ether oxygens (including phenoxy) is 1. The zero-order valence-corrected chi connectivity index (χ0v) is 16.5. The second-order valence-corrected chi connectivity index (χ2v) is 8.63. The maximum atomic E-state index is 12.0. The van der Waals surface area contributed by atoms with Gasteiger partial charge in [0.15, 0.2) is 5.01 Å². The molecule has 1 aromatic carbocycles. The third kappa shape index (κ3) is 4.73. The average Bonchev–Trinajstić information content (AvgIpc) is 3.40. The lowest BCUT2D eigenvalue weighted by molar-refractivity contribution is 0.103. The molecule has 1 amide bonds. The Morgan fingerprint density at radius 2 is 1.93 bits per heavy atom. The van der Waals surface area contributed by atoms with E-state index in [-0.39, 0.29) is 5.91 Å². The summed E-state index contributed by atoms with van der Waals surface area (Å²) in [7, 11) is 0. The third-order valence-corrected chi connectivity index (χ3v) is 6.43. The van der Waals surface area contributed by atoms with Crippen LogP contribution in [0.4, 0.5) is 5.13 Å². The summed E-state index contributed by atoms with van der Waals surface area (Å²) in [5.74, 6) is 1.37. The van der Waals surface area contributed by atoms with Crippen LogP contribution in [-0.2, 0) is 6.61 Å². The molecule has 27 heavy (non-hydrogen) atoms. The average molecular weight is 400 g/mol. The summed E-state index contributed by atoms with van der Waals surface area (Å²) in [6.45, 7) is 0.343. The summed E-state index contributed by atoms with van der Waals surface area (Å²) in [5.41, 5.74) is 1.41. The van der Waals surface area contributed by atoms with Gasteiger partial charge in [-0.15, -0.1) is 21.5 Å². The van der Waals surface area contributed by atoms with E-state index in [4.69, 9.17) is 4.74 Å². The first-order chi connectivity index (χ1) is 13.3. The SMILES string of the molecule is O=C(Nc1nnc(COc2ccc(C3CCCCC3)cc2)s1)c1cccs1. The molecule has 2 aromatic heterocycles. The van der Waals surface area contributed by atoms with Crippen LogP contribution in [0.15, 0.2) is 41.8 Å². The van der Waals surface area contributed by atoms with E-state index in [1.165, 1.54) is 60.3 Å². The van der Waals surface area contributed by atoms with E-state index in [1.54, 1.807) is 6.07 Å². The molecule has 1 saturated carbocycles. The molecule has 3 aromatic rings. The number of carbonyl (C=O) groups is 1. The molecule has 0 aliphatic heterocycles. The van der Waals surface area contributed by atoms with Gasteiger partial charge in [0.2, 0.25) is 5.13 Å². The first kappa shape index (κ1) is 18.1. The number of carbonyl (C=O) groups excluding carboxylic acids is 1. The molecular formula is C20H21N3O2S2. The van der Waals surface area contributed by atoms with Crippen molar-refractivity contribution in [1.82, 2.24) is 10.2 Å². The molecule has 0 bridgehead atoms. The van der Waals surface area contributed by atoms with Crippen LogP contribution in [0.5, 0.6) is 5.75 Å². The fourth-order valence-corrected chi connectivity index (χ4v) is 4.61. The molecule has 4 rings (SSSR count). The summed E-state index contributed by atoms with van der Waals surface area (Å²) in [6.07, 6.45) is 6.64. The Morgan fingerprint density at radius 1 is 1.11 bits per heavy atom. The van der Waals surface area contributed by atoms with Gasteiger partial charge in [0, 0.05) is 0 Å². The van der Waals surface area contributed by atoms with Crippen molar-refractivity contribution in [3.05, 3.63) is 57.2 Å². The summed E-state index contributed by atoms with van der Waals surface area (Å²) in [5, 5.41) is 14.0. The number of rotatable bonds is 6. The number of benzene rings is 1. The van der Waals surface area contributed by atoms with E-state index in [1.807, 2.05) is 23.6 Å². The number of thiophene rings is 1. The fraction of sp³-hybridized carbons (Fsp3) is 0.350. The van der Waals surface area contributed by atoms with Gasteiger partial charge in [-0.25, -0.2) is 0 Å². The number of hydrogen-bond acceptors (Lipinski definition) is 6. The predicted octanol–water partition coefficient (Wildman–Crippen LogP) is 5.48. The fourth-order valence-electron chi connectivity index (χ4n) is 3.35. The van der Waals surface area contributed by atoms with E-state index in [9.17, 15) is 4.79 Å². The zero-order chi connectivity index (χ0) is 18.5. The molecule has 1 fully saturated rings. The van der Waals surface area contributed by atoms with E-state index in [0.717, 1.165) is 10.8 Å². The standard InChI is InChI=1S/C20H21N3O2S2/c24-19(17-7-4-12-26-17)21-20-23-22-18(27-20)13-25-16-10-8-15(9-11-16)14-5-2-1-3-6-14/h4,7-12,14H,1-3,5-6,13H2,(H,21,23,24). The van der Waals surface area contributed by atoms with Crippen molar-refractivity contribution in [1.29, 1.82) is 0 Å². The molecule has 1 N–H and O–H groups in total. The molecule has 0 radical (unpaired) electrons. The molecule has 1 aliphatic carbocycles. The van der Waals surface area contributed by atoms with E-state index >= 15 is 0 Å². The molecule has 0 atom stereocenters. The Hall–Kier alpha value is -2.25. The largest absolute Gasteiger partial charge is 0.486 e. The molecule has 7 heteroatoms. The van der Waals surface area contributed by atoms with Crippen molar-refractivity contribution < 1.29 is 9.53 Å². The summed E-state index contributed by atoms with van der Waals surface area (Å²) in [6, 6.07) is 12.0. The first-order valence-electron chi connectivity index (χ1n) is 9.18. The van der Waals surface area contributed by atoms with E-state index in [0.29, 0.717) is 22.5 Å². The minimum Gasteiger partial charge on any atom is -0.486 e. The molecule has 1 aliphatic rings. The second-order valence-electron chi connectivity index (χ2n) is 6.63. The van der Waals surface area contributed by atoms with E-state index < -0.39 is 0 Å². The molecule has 2 heterocycles. The highest BCUT2D eigenvalue weighted by atomic mass is 32.1. The molecule has 0 unspecified atom stereocenters. The lowest BCUT2D eigenvalue weighted by Gasteiger charge is -2.22. The molecule has 5 nitrogen and oxygen atoms in total. The molecule has 140 valence electrons. The maximum absolute atomic E-state index is 12.0. The highest BCUT2D eigenvalue weighted by Gasteiger charge is 2.15. The van der Waals surface area contributed by atoms with Gasteiger partial charge in [0.25, 0.3) is 5.91 Å². The Labute approximate surface area is 166 Å². The van der Waals surface area contributed by atoms with Gasteiger partial charge in [0.1, 0.15) is 12.4 Å². The molecule has 0 saturated heterocycles. The highest BCUT2D eigenvalue weighted by molar-refractivity contribution is 7.15. The van der Waals surface area contributed by atoms with Crippen LogP contribution in [0.2, 0.25) is 0 Å². The van der Waals surface area contributed by atoms with Gasteiger partial charge in [-0.3, -0.25) is 10.1 Å². The number of nitrogens with zero attached hydrogens (tertiary/aromatic N) is 2. The highest BCUT2D eigenvalue weighted by Crippen LogP contribution is 2.33. The summed E-state index contributed by atoms with van der Waals surface area (Å²) in [4.78, 5) is 12.7. The van der Waals surface area contributed by atoms with Gasteiger partial charge in [-0.2, -0.15) is 0 Å². The Balaban J connectivity index is 1.30. The number of aromatic nitrogens is 2. The maximum Gasteiger partial charge on any atom is 0.267 e. The first-order valence-corrected chi connectivity index (χ1v) is 10.9. The van der Waals surface area contributed by atoms with Crippen molar-refractivity contribution in [2.45, 2.75) is 44.6 Å². The van der Waals surface area contributed by atoms with Crippen LogP contribution in [0.1, 0.15) is 58.3 Å². The topological polar surface area (TPSA) is 64.1 Å². The second kappa shape index (κ2) is 8.63. The van der Waals surface area contributed by atoms with Crippen LogP contribution in [0.25, 0.3) is 0 Å². The lowest BCUT2D eigenvalue weighted by Crippen LogP contribution is -2.09. The van der Waals surface area contributed by atoms with Gasteiger partial charge in [-0.05, 0) is 47.9 Å². The Kier molecular flexibility index (Phi) is 5.79. The van der Waals surface area contributed by atoms with Crippen molar-refractivity contribution >= 4 is 33.7 Å². The van der Waals surface area contributed by atoms with Gasteiger partial charge in [-0.1, -0.05) is 48.8 Å². The van der Waals surface area contributed by atoms with Crippen LogP contribution in [0.3, 0.4) is 0 Å². The smallest absolute Gasteiger partial charge is 0.267 e. The van der Waals surface area contributed by atoms with E-state index in [2.05, 4.69) is 27.6 Å². The lowest BCUT2D eigenvalue weighted by atomic mass is 9.84. The van der Waals surface area contributed by atoms with Crippen LogP contribution in [-0.4, -0.2) is 16.1 Å². The van der Waals surface area contributed by atoms with Crippen LogP contribution < -0.4 is 10.1 Å². The Bertz CT molecular complexity index is 869. The number of hydrogen-bond donors (Lipinski definition) is 1. The van der Waals surface area contributed by atoms with Crippen molar-refractivity contribution in [2.24, 2.45) is 0 Å². The number of nitrogens with one attached hydrogen (secondary N) is 1. The summed E-state index contributed by atoms with van der Waals surface area (Å²) >= 11 is 2.72. The van der Waals surface area contributed by atoms with Gasteiger partial charge < -0.3 is 4.74 Å². The van der Waals surface area contributed by atoms with Crippen molar-refractivity contribution in [3.63, 3.8) is 0 Å². The third-order valence-electron chi connectivity index (χ3n) is 4.75. The normalized spacial score (nSPS) is 14.8. The van der Waals surface area contributed by atoms with Crippen molar-refractivity contribution in [2.75, 3.05) is 5.32 Å². The van der Waals surface area contributed by atoms with Crippen LogP contribution in [0, 0.1) is 0 Å². The minimum atomic E-state index is -0.160. The van der Waals surface area contributed by atoms with Gasteiger partial charge >= 0.3 is 0 Å². The number of anilines is 1. The minimum absolute atomic E-state index is 0.160. The Morgan fingerprint density at radius 3 is 2.67 bits per heavy atom. The molecular weight excluding hydrogens is 378 g/mol. The van der Waals surface area contributed by atoms with Crippen molar-refractivity contribution in [3.8, 4) is 5.75 Å². The molecule has 0 spiro atoms.